The topological polar surface area (TPSA) is 25.6 Å². The van der Waals surface area contributed by atoms with Gasteiger partial charge in [0.1, 0.15) is 0 Å². The van der Waals surface area contributed by atoms with Crippen LogP contribution in [0.5, 0.6) is 0 Å². The molecule has 0 radical (unpaired) electrons. The van der Waals surface area contributed by atoms with Crippen molar-refractivity contribution in [2.45, 2.75) is 103 Å². The SMILES string of the molecule is C[C@]12CCC(OCCCN3CCCC3)CC1CC[C@@H]1[C@H]2CC[C@]2(C)C(c3ccoc3)CC[C@@H]12. The predicted molar refractivity (Wildman–Crippen MR) is 133 cm³/mol. The van der Waals surface area contributed by atoms with Crippen LogP contribution in [0.1, 0.15) is 102 Å². The molecule has 6 rings (SSSR count). The Morgan fingerprint density at radius 2 is 1.79 bits per heavy atom. The Hall–Kier alpha value is -0.800. The van der Waals surface area contributed by atoms with Gasteiger partial charge in [-0.25, -0.2) is 0 Å². The minimum atomic E-state index is 0.490. The first-order valence-corrected chi connectivity index (χ1v) is 14.4. The van der Waals surface area contributed by atoms with Crippen LogP contribution in [-0.2, 0) is 4.74 Å². The molecule has 3 nitrogen and oxygen atoms in total. The van der Waals surface area contributed by atoms with Crippen molar-refractivity contribution >= 4 is 0 Å². The third-order valence-electron chi connectivity index (χ3n) is 11.7. The van der Waals surface area contributed by atoms with E-state index in [1.807, 2.05) is 12.5 Å². The third kappa shape index (κ3) is 3.94. The standard InChI is InChI=1S/C30H47NO2/c1-29-13-10-24(33-18-5-17-31-15-3-4-16-31)20-23(29)6-7-25-27-9-8-26(22-12-19-32-21-22)30(27,2)14-11-28(25)29/h12,19,21,23-28H,3-11,13-18,20H2,1-2H3/t23?,24?,25-,26?,27-,28+,29-,30+/m0/s1. The van der Waals surface area contributed by atoms with Gasteiger partial charge in [0.15, 0.2) is 0 Å². The zero-order valence-corrected chi connectivity index (χ0v) is 21.3. The van der Waals surface area contributed by atoms with Crippen molar-refractivity contribution in [1.29, 1.82) is 0 Å². The summed E-state index contributed by atoms with van der Waals surface area (Å²) in [5.41, 5.74) is 2.53. The van der Waals surface area contributed by atoms with Crippen molar-refractivity contribution < 1.29 is 9.15 Å². The van der Waals surface area contributed by atoms with E-state index >= 15 is 0 Å². The zero-order valence-electron chi connectivity index (χ0n) is 21.3. The third-order valence-corrected chi connectivity index (χ3v) is 11.7. The molecule has 0 aromatic carbocycles. The number of hydrogen-bond donors (Lipinski definition) is 0. The van der Waals surface area contributed by atoms with E-state index in [9.17, 15) is 0 Å². The van der Waals surface area contributed by atoms with Gasteiger partial charge in [0, 0.05) is 13.2 Å². The molecule has 4 aliphatic carbocycles. The molecule has 1 aromatic rings. The summed E-state index contributed by atoms with van der Waals surface area (Å²) in [5.74, 6) is 4.45. The molecule has 1 aliphatic heterocycles. The van der Waals surface area contributed by atoms with E-state index in [1.165, 1.54) is 102 Å². The number of hydrogen-bond acceptors (Lipinski definition) is 3. The van der Waals surface area contributed by atoms with Crippen LogP contribution in [0.2, 0.25) is 0 Å². The van der Waals surface area contributed by atoms with Crippen molar-refractivity contribution in [3.63, 3.8) is 0 Å². The van der Waals surface area contributed by atoms with E-state index in [-0.39, 0.29) is 0 Å². The lowest BCUT2D eigenvalue weighted by atomic mass is 9.44. The molecular weight excluding hydrogens is 406 g/mol. The summed E-state index contributed by atoms with van der Waals surface area (Å²) in [6.45, 7) is 10.2. The Morgan fingerprint density at radius 3 is 2.61 bits per heavy atom. The average Bonchev–Trinajstić information content (AvgIpc) is 3.57. The quantitative estimate of drug-likeness (QED) is 0.423. The first kappa shape index (κ1) is 22.7. The lowest BCUT2D eigenvalue weighted by Crippen LogP contribution is -2.53. The van der Waals surface area contributed by atoms with E-state index in [4.69, 9.17) is 9.15 Å². The molecule has 3 unspecified atom stereocenters. The van der Waals surface area contributed by atoms with E-state index in [0.717, 1.165) is 36.2 Å². The Bertz CT molecular complexity index is 785. The molecule has 0 amide bonds. The smallest absolute Gasteiger partial charge is 0.0937 e. The lowest BCUT2D eigenvalue weighted by Gasteiger charge is -2.61. The molecule has 0 spiro atoms. The van der Waals surface area contributed by atoms with Crippen molar-refractivity contribution in [3.8, 4) is 0 Å². The summed E-state index contributed by atoms with van der Waals surface area (Å²) in [6.07, 6.45) is 21.1. The van der Waals surface area contributed by atoms with Crippen LogP contribution in [0.3, 0.4) is 0 Å². The van der Waals surface area contributed by atoms with Gasteiger partial charge in [-0.15, -0.1) is 0 Å². The fraction of sp³-hybridized carbons (Fsp3) is 0.867. The van der Waals surface area contributed by atoms with Gasteiger partial charge < -0.3 is 14.1 Å². The van der Waals surface area contributed by atoms with Gasteiger partial charge in [0.05, 0.1) is 18.6 Å². The summed E-state index contributed by atoms with van der Waals surface area (Å²) >= 11 is 0. The van der Waals surface area contributed by atoms with Crippen LogP contribution >= 0.6 is 0 Å². The number of nitrogens with zero attached hydrogens (tertiary/aromatic N) is 1. The van der Waals surface area contributed by atoms with Gasteiger partial charge in [-0.05, 0) is 142 Å². The highest BCUT2D eigenvalue weighted by molar-refractivity contribution is 5.22. The molecule has 8 atom stereocenters. The van der Waals surface area contributed by atoms with E-state index in [2.05, 4.69) is 24.8 Å². The van der Waals surface area contributed by atoms with Gasteiger partial charge in [-0.3, -0.25) is 0 Å². The van der Waals surface area contributed by atoms with Crippen molar-refractivity contribution in [2.24, 2.45) is 34.5 Å². The van der Waals surface area contributed by atoms with Crippen LogP contribution in [0.25, 0.3) is 0 Å². The maximum Gasteiger partial charge on any atom is 0.0937 e. The normalized spacial score (nSPS) is 45.5. The lowest BCUT2D eigenvalue weighted by molar-refractivity contribution is -0.131. The van der Waals surface area contributed by atoms with Crippen LogP contribution in [-0.4, -0.2) is 37.2 Å². The number of rotatable bonds is 6. The summed E-state index contributed by atoms with van der Waals surface area (Å²) < 4.78 is 12.0. The van der Waals surface area contributed by atoms with Gasteiger partial charge >= 0.3 is 0 Å². The summed E-state index contributed by atoms with van der Waals surface area (Å²) in [6, 6.07) is 2.25. The number of likely N-dealkylation sites (tertiary alicyclic amines) is 1. The van der Waals surface area contributed by atoms with Gasteiger partial charge in [0.2, 0.25) is 0 Å². The van der Waals surface area contributed by atoms with Crippen LogP contribution < -0.4 is 0 Å². The number of fused-ring (bicyclic) bond motifs is 5. The fourth-order valence-corrected chi connectivity index (χ4v) is 9.94. The van der Waals surface area contributed by atoms with Crippen molar-refractivity contribution in [3.05, 3.63) is 24.2 Å². The fourth-order valence-electron chi connectivity index (χ4n) is 9.94. The Balaban J connectivity index is 1.07. The number of ether oxygens (including phenoxy) is 1. The maximum absolute atomic E-state index is 6.48. The second kappa shape index (κ2) is 9.01. The van der Waals surface area contributed by atoms with Gasteiger partial charge in [-0.1, -0.05) is 13.8 Å². The Morgan fingerprint density at radius 1 is 0.970 bits per heavy atom. The summed E-state index contributed by atoms with van der Waals surface area (Å²) in [7, 11) is 0. The average molecular weight is 454 g/mol. The minimum absolute atomic E-state index is 0.490. The molecule has 5 aliphatic rings. The van der Waals surface area contributed by atoms with Crippen molar-refractivity contribution in [1.82, 2.24) is 4.90 Å². The first-order chi connectivity index (χ1) is 16.1. The molecule has 0 N–H and O–H groups in total. The van der Waals surface area contributed by atoms with Crippen LogP contribution in [0, 0.1) is 34.5 Å². The zero-order chi connectivity index (χ0) is 22.5. The molecule has 184 valence electrons. The van der Waals surface area contributed by atoms with Gasteiger partial charge in [-0.2, -0.15) is 0 Å². The largest absolute Gasteiger partial charge is 0.472 e. The Kier molecular flexibility index (Phi) is 6.18. The monoisotopic (exact) mass is 453 g/mol. The Labute approximate surface area is 202 Å². The predicted octanol–water partition coefficient (Wildman–Crippen LogP) is 7.28. The molecule has 1 aromatic heterocycles. The van der Waals surface area contributed by atoms with Gasteiger partial charge in [0.25, 0.3) is 0 Å². The summed E-state index contributed by atoms with van der Waals surface area (Å²) in [5, 5.41) is 0. The molecule has 2 heterocycles. The van der Waals surface area contributed by atoms with E-state index in [1.54, 1.807) is 0 Å². The molecule has 1 saturated heterocycles. The van der Waals surface area contributed by atoms with Crippen LogP contribution in [0.15, 0.2) is 23.0 Å². The molecule has 3 heteroatoms. The molecule has 5 fully saturated rings. The summed E-state index contributed by atoms with van der Waals surface area (Å²) in [4.78, 5) is 2.62. The minimum Gasteiger partial charge on any atom is -0.472 e. The second-order valence-corrected chi connectivity index (χ2v) is 13.1. The van der Waals surface area contributed by atoms with E-state index in [0.29, 0.717) is 16.9 Å². The molecular formula is C30H47NO2. The molecule has 4 saturated carbocycles. The van der Waals surface area contributed by atoms with Crippen LogP contribution in [0.4, 0.5) is 0 Å². The highest BCUT2D eigenvalue weighted by atomic mass is 16.5. The highest BCUT2D eigenvalue weighted by Gasteiger charge is 2.60. The first-order valence-electron chi connectivity index (χ1n) is 14.4. The second-order valence-electron chi connectivity index (χ2n) is 13.1. The van der Waals surface area contributed by atoms with Crippen molar-refractivity contribution in [2.75, 3.05) is 26.2 Å². The van der Waals surface area contributed by atoms with E-state index < -0.39 is 0 Å². The molecule has 33 heavy (non-hydrogen) atoms. The number of furan rings is 1. The molecule has 0 bridgehead atoms. The highest BCUT2D eigenvalue weighted by Crippen LogP contribution is 2.69. The maximum atomic E-state index is 6.48.